The number of aldehydes is 1. The molecule has 0 bridgehead atoms. The lowest BCUT2D eigenvalue weighted by Crippen LogP contribution is -2.58. The van der Waals surface area contributed by atoms with Gasteiger partial charge in [-0.1, -0.05) is 12.1 Å². The van der Waals surface area contributed by atoms with Crippen LogP contribution in [0, 0.1) is 17.7 Å². The fourth-order valence-corrected chi connectivity index (χ4v) is 5.69. The molecule has 0 aromatic heterocycles. The van der Waals surface area contributed by atoms with Crippen molar-refractivity contribution in [1.82, 2.24) is 0 Å². The maximum Gasteiger partial charge on any atom is 0.255 e. The number of nitrogens with two attached hydrogens (primary N) is 1. The van der Waals surface area contributed by atoms with Crippen molar-refractivity contribution >= 4 is 29.5 Å². The van der Waals surface area contributed by atoms with E-state index >= 15 is 0 Å². The van der Waals surface area contributed by atoms with Gasteiger partial charge in [-0.2, -0.15) is 0 Å². The highest BCUT2D eigenvalue weighted by Gasteiger charge is 2.60. The molecule has 0 spiro atoms. The number of phenolic OH excluding ortho intramolecular Hbond substituents is 1. The first-order valence-electron chi connectivity index (χ1n) is 11.1. The summed E-state index contributed by atoms with van der Waals surface area (Å²) in [7, 11) is 0. The predicted octanol–water partition coefficient (Wildman–Crippen LogP) is 2.04. The zero-order chi connectivity index (χ0) is 26.1. The Labute approximate surface area is 203 Å². The third kappa shape index (κ3) is 3.04. The minimum absolute atomic E-state index is 0.0129. The van der Waals surface area contributed by atoms with Gasteiger partial charge in [0.2, 0.25) is 5.78 Å². The zero-order valence-electron chi connectivity index (χ0n) is 18.6. The number of primary amides is 1. The number of aliphatic hydroxyl groups excluding tert-OH is 2. The van der Waals surface area contributed by atoms with E-state index < -0.39 is 64.2 Å². The van der Waals surface area contributed by atoms with Crippen LogP contribution < -0.4 is 5.73 Å². The van der Waals surface area contributed by atoms with Crippen LogP contribution in [0.5, 0.6) is 5.75 Å². The molecule has 184 valence electrons. The summed E-state index contributed by atoms with van der Waals surface area (Å²) >= 11 is 0. The van der Waals surface area contributed by atoms with Gasteiger partial charge in [0.05, 0.1) is 11.1 Å². The van der Waals surface area contributed by atoms with Gasteiger partial charge in [-0.05, 0) is 53.6 Å². The van der Waals surface area contributed by atoms with Crippen molar-refractivity contribution in [3.05, 3.63) is 69.7 Å². The van der Waals surface area contributed by atoms with Crippen LogP contribution in [0.15, 0.2) is 47.2 Å². The highest BCUT2D eigenvalue weighted by Crippen LogP contribution is 2.53. The van der Waals surface area contributed by atoms with Crippen LogP contribution in [-0.4, -0.2) is 49.8 Å². The summed E-state index contributed by atoms with van der Waals surface area (Å²) < 4.78 is 13.9. The quantitative estimate of drug-likeness (QED) is 0.319. The number of halogens is 1. The van der Waals surface area contributed by atoms with Gasteiger partial charge in [0.1, 0.15) is 28.7 Å². The molecule has 0 saturated heterocycles. The standard InChI is InChI=1S/C26H20FNO8/c27-16-3-1-10(5-12(16)9-29)14-2-4-17(30)20-15(14)7-11-6-13-8-18(31)21(25(28)35)24(34)26(13,36)23(33)19(11)22(20)32/h1-5,9,11,13,30,32,34,36H,6-8H2,(H2,28,35). The van der Waals surface area contributed by atoms with E-state index in [0.717, 1.165) is 6.07 Å². The van der Waals surface area contributed by atoms with E-state index in [1.54, 1.807) is 0 Å². The Morgan fingerprint density at radius 2 is 1.83 bits per heavy atom. The fourth-order valence-electron chi connectivity index (χ4n) is 5.69. The van der Waals surface area contributed by atoms with Gasteiger partial charge in [0, 0.05) is 17.9 Å². The minimum atomic E-state index is -2.64. The second-order valence-corrected chi connectivity index (χ2v) is 9.25. The molecule has 2 aromatic carbocycles. The van der Waals surface area contributed by atoms with Crippen molar-refractivity contribution in [2.75, 3.05) is 0 Å². The van der Waals surface area contributed by atoms with Crippen molar-refractivity contribution in [3.8, 4) is 16.9 Å². The van der Waals surface area contributed by atoms with Gasteiger partial charge in [0.15, 0.2) is 17.7 Å². The summed E-state index contributed by atoms with van der Waals surface area (Å²) in [6.07, 6.45) is 0.0186. The molecule has 9 nitrogen and oxygen atoms in total. The lowest BCUT2D eigenvalue weighted by atomic mass is 9.59. The number of benzene rings is 2. The van der Waals surface area contributed by atoms with Crippen LogP contribution >= 0.6 is 0 Å². The van der Waals surface area contributed by atoms with Crippen molar-refractivity contribution < 1.29 is 44.0 Å². The van der Waals surface area contributed by atoms with Crippen LogP contribution in [0.25, 0.3) is 16.9 Å². The summed E-state index contributed by atoms with van der Waals surface area (Å²) in [6, 6.07) is 6.68. The molecule has 6 N–H and O–H groups in total. The van der Waals surface area contributed by atoms with Crippen molar-refractivity contribution in [1.29, 1.82) is 0 Å². The first-order chi connectivity index (χ1) is 17.0. The summed E-state index contributed by atoms with van der Waals surface area (Å²) in [6.45, 7) is 0. The largest absolute Gasteiger partial charge is 0.508 e. The number of carbonyl (C=O) groups excluding carboxylic acids is 4. The number of phenols is 1. The van der Waals surface area contributed by atoms with E-state index in [1.807, 2.05) is 0 Å². The third-order valence-corrected chi connectivity index (χ3v) is 7.38. The zero-order valence-corrected chi connectivity index (χ0v) is 18.6. The van der Waals surface area contributed by atoms with Gasteiger partial charge in [-0.25, -0.2) is 4.39 Å². The van der Waals surface area contributed by atoms with Crippen LogP contribution in [0.1, 0.15) is 34.3 Å². The Morgan fingerprint density at radius 3 is 2.50 bits per heavy atom. The number of rotatable bonds is 3. The number of aromatic hydroxyl groups is 1. The molecule has 3 aliphatic carbocycles. The minimum Gasteiger partial charge on any atom is -0.508 e. The molecule has 36 heavy (non-hydrogen) atoms. The maximum atomic E-state index is 13.9. The second-order valence-electron chi connectivity index (χ2n) is 9.25. The number of hydrogen-bond donors (Lipinski definition) is 5. The number of fused-ring (bicyclic) bond motifs is 3. The predicted molar refractivity (Wildman–Crippen MR) is 122 cm³/mol. The molecule has 0 radical (unpaired) electrons. The summed E-state index contributed by atoms with van der Waals surface area (Å²) in [4.78, 5) is 48.9. The molecule has 0 heterocycles. The van der Waals surface area contributed by atoms with Gasteiger partial charge < -0.3 is 26.2 Å². The van der Waals surface area contributed by atoms with Gasteiger partial charge in [-0.15, -0.1) is 0 Å². The molecule has 1 saturated carbocycles. The van der Waals surface area contributed by atoms with Gasteiger partial charge >= 0.3 is 0 Å². The summed E-state index contributed by atoms with van der Waals surface area (Å²) in [5.74, 6) is -7.83. The molecule has 10 heteroatoms. The molecule has 2 aromatic rings. The third-order valence-electron chi connectivity index (χ3n) is 7.38. The monoisotopic (exact) mass is 493 g/mol. The molecule has 1 fully saturated rings. The highest BCUT2D eigenvalue weighted by atomic mass is 19.1. The Morgan fingerprint density at radius 1 is 1.11 bits per heavy atom. The highest BCUT2D eigenvalue weighted by molar-refractivity contribution is 6.22. The van der Waals surface area contributed by atoms with Gasteiger partial charge in [-0.3, -0.25) is 19.2 Å². The Hall–Kier alpha value is -4.31. The van der Waals surface area contributed by atoms with Crippen LogP contribution in [0.4, 0.5) is 4.39 Å². The lowest BCUT2D eigenvalue weighted by molar-refractivity contribution is -0.147. The number of ketones is 2. The van der Waals surface area contributed by atoms with Crippen molar-refractivity contribution in [2.24, 2.45) is 17.6 Å². The Balaban J connectivity index is 1.71. The van der Waals surface area contributed by atoms with E-state index in [4.69, 9.17) is 5.73 Å². The number of hydrogen-bond acceptors (Lipinski definition) is 8. The SMILES string of the molecule is NC(=O)C1=C(O)C2(O)C(=O)C3=C(O)c4c(O)ccc(-c5ccc(F)c(C=O)c5)c4CC3CC2CC1=O. The topological polar surface area (TPSA) is 175 Å². The summed E-state index contributed by atoms with van der Waals surface area (Å²) in [5.41, 5.74) is 2.48. The molecular formula is C26H20FNO8. The maximum absolute atomic E-state index is 13.9. The van der Waals surface area contributed by atoms with Crippen LogP contribution in [0.3, 0.4) is 0 Å². The smallest absolute Gasteiger partial charge is 0.255 e. The normalized spacial score (nSPS) is 25.3. The van der Waals surface area contributed by atoms with E-state index in [9.17, 15) is 44.0 Å². The van der Waals surface area contributed by atoms with Crippen molar-refractivity contribution in [2.45, 2.75) is 24.9 Å². The summed E-state index contributed by atoms with van der Waals surface area (Å²) in [5, 5.41) is 43.6. The lowest BCUT2D eigenvalue weighted by Gasteiger charge is -2.46. The van der Waals surface area contributed by atoms with E-state index in [-0.39, 0.29) is 35.3 Å². The van der Waals surface area contributed by atoms with E-state index in [1.165, 1.54) is 24.3 Å². The molecule has 5 rings (SSSR count). The van der Waals surface area contributed by atoms with Crippen LogP contribution in [-0.2, 0) is 20.8 Å². The number of aliphatic hydroxyl groups is 3. The Bertz CT molecular complexity index is 1470. The molecule has 3 aliphatic rings. The Kier molecular flexibility index (Phi) is 5.11. The molecule has 0 aliphatic heterocycles. The first kappa shape index (κ1) is 23.4. The molecular weight excluding hydrogens is 473 g/mol. The number of amides is 1. The molecule has 3 atom stereocenters. The first-order valence-corrected chi connectivity index (χ1v) is 11.1. The second kappa shape index (κ2) is 7.85. The van der Waals surface area contributed by atoms with Crippen molar-refractivity contribution in [3.63, 3.8) is 0 Å². The average Bonchev–Trinajstić information content (AvgIpc) is 2.82. The van der Waals surface area contributed by atoms with Crippen LogP contribution in [0.2, 0.25) is 0 Å². The average molecular weight is 493 g/mol. The van der Waals surface area contributed by atoms with Gasteiger partial charge in [0.25, 0.3) is 5.91 Å². The number of Topliss-reactive ketones (excluding diaryl/α,β-unsaturated/α-hetero) is 2. The van der Waals surface area contributed by atoms with E-state index in [2.05, 4.69) is 0 Å². The molecule has 1 amide bonds. The fraction of sp³-hybridized carbons (Fsp3) is 0.231. The van der Waals surface area contributed by atoms with E-state index in [0.29, 0.717) is 23.0 Å². The molecule has 3 unspecified atom stereocenters. The number of carbonyl (C=O) groups is 4.